The van der Waals surface area contributed by atoms with Crippen molar-refractivity contribution in [1.29, 1.82) is 0 Å². The maximum absolute atomic E-state index is 13.6. The van der Waals surface area contributed by atoms with Crippen LogP contribution in [0, 0.1) is 12.7 Å². The Hall–Kier alpha value is -0.610. The van der Waals surface area contributed by atoms with E-state index in [-0.39, 0.29) is 18.0 Å². The number of ether oxygens (including phenoxy) is 2. The minimum absolute atomic E-state index is 0.0184. The molecule has 0 bridgehead atoms. The smallest absolute Gasteiger partial charge is 0.165 e. The molecule has 0 saturated heterocycles. The second kappa shape index (κ2) is 6.02. The van der Waals surface area contributed by atoms with E-state index in [0.717, 1.165) is 18.4 Å². The zero-order chi connectivity index (χ0) is 13.1. The summed E-state index contributed by atoms with van der Waals surface area (Å²) in [4.78, 5) is 0.307. The second-order valence-corrected chi connectivity index (χ2v) is 5.85. The summed E-state index contributed by atoms with van der Waals surface area (Å²) in [6.07, 6.45) is 1.78. The van der Waals surface area contributed by atoms with Crippen molar-refractivity contribution in [2.75, 3.05) is 6.61 Å². The number of benzene rings is 1. The van der Waals surface area contributed by atoms with Crippen molar-refractivity contribution in [1.82, 2.24) is 0 Å². The van der Waals surface area contributed by atoms with Gasteiger partial charge in [0.2, 0.25) is 0 Å². The summed E-state index contributed by atoms with van der Waals surface area (Å²) in [5, 5.41) is 0. The molecular weight excluding hydrogens is 299 g/mol. The lowest BCUT2D eigenvalue weighted by Gasteiger charge is -2.40. The summed E-state index contributed by atoms with van der Waals surface area (Å²) < 4.78 is 25.0. The van der Waals surface area contributed by atoms with Gasteiger partial charge >= 0.3 is 0 Å². The molecule has 1 saturated carbocycles. The Kier molecular flexibility index (Phi) is 4.62. The molecule has 2 rings (SSSR count). The molecule has 0 amide bonds. The monoisotopic (exact) mass is 316 g/mol. The summed E-state index contributed by atoms with van der Waals surface area (Å²) >= 11 is 3.54. The van der Waals surface area contributed by atoms with Gasteiger partial charge in [-0.25, -0.2) is 4.39 Å². The maximum atomic E-state index is 13.6. The number of aryl methyl sites for hydroxylation is 1. The molecule has 0 heterocycles. The van der Waals surface area contributed by atoms with Gasteiger partial charge in [0.15, 0.2) is 11.6 Å². The predicted octanol–water partition coefficient (Wildman–Crippen LogP) is 3.84. The number of hydrogen-bond acceptors (Lipinski definition) is 2. The standard InChI is InChI=1S/C14H18BrFO2/c1-3-6-17-14-10(15)8-13(14)18-12-7-9(2)4-5-11(12)16/h4-5,7,10,13-14H,3,6,8H2,1-2H3. The Labute approximate surface area is 116 Å². The second-order valence-electron chi connectivity index (χ2n) is 4.68. The van der Waals surface area contributed by atoms with Crippen molar-refractivity contribution in [3.8, 4) is 5.75 Å². The number of alkyl halides is 1. The summed E-state index contributed by atoms with van der Waals surface area (Å²) in [7, 11) is 0. The molecule has 1 aliphatic rings. The highest BCUT2D eigenvalue weighted by molar-refractivity contribution is 9.09. The number of rotatable bonds is 5. The SMILES string of the molecule is CCCOC1C(Br)CC1Oc1cc(C)ccc1F. The summed E-state index contributed by atoms with van der Waals surface area (Å²) in [6, 6.07) is 4.91. The quantitative estimate of drug-likeness (QED) is 0.768. The van der Waals surface area contributed by atoms with Crippen LogP contribution in [-0.2, 0) is 4.74 Å². The van der Waals surface area contributed by atoms with Crippen LogP contribution in [0.25, 0.3) is 0 Å². The molecule has 3 unspecified atom stereocenters. The Balaban J connectivity index is 1.98. The molecule has 0 N–H and O–H groups in total. The first-order valence-electron chi connectivity index (χ1n) is 6.30. The van der Waals surface area contributed by atoms with Crippen molar-refractivity contribution < 1.29 is 13.9 Å². The molecule has 1 aromatic carbocycles. The van der Waals surface area contributed by atoms with Gasteiger partial charge in [0, 0.05) is 17.9 Å². The summed E-state index contributed by atoms with van der Waals surface area (Å²) in [5.74, 6) is 0.0114. The van der Waals surface area contributed by atoms with Crippen LogP contribution in [0.1, 0.15) is 25.3 Å². The Bertz CT molecular complexity index is 411. The van der Waals surface area contributed by atoms with Crippen LogP contribution in [0.4, 0.5) is 4.39 Å². The van der Waals surface area contributed by atoms with Gasteiger partial charge in [-0.05, 0) is 31.0 Å². The van der Waals surface area contributed by atoms with Gasteiger partial charge < -0.3 is 9.47 Å². The molecule has 4 heteroatoms. The molecule has 1 aliphatic carbocycles. The number of hydrogen-bond donors (Lipinski definition) is 0. The van der Waals surface area contributed by atoms with E-state index in [1.54, 1.807) is 12.1 Å². The van der Waals surface area contributed by atoms with E-state index in [1.807, 2.05) is 6.92 Å². The van der Waals surface area contributed by atoms with Crippen molar-refractivity contribution in [2.24, 2.45) is 0 Å². The van der Waals surface area contributed by atoms with Crippen molar-refractivity contribution in [3.63, 3.8) is 0 Å². The van der Waals surface area contributed by atoms with Gasteiger partial charge in [0.05, 0.1) is 0 Å². The lowest BCUT2D eigenvalue weighted by molar-refractivity contribution is -0.0772. The van der Waals surface area contributed by atoms with Gasteiger partial charge in [0.25, 0.3) is 0 Å². The van der Waals surface area contributed by atoms with Crippen molar-refractivity contribution in [3.05, 3.63) is 29.6 Å². The van der Waals surface area contributed by atoms with E-state index in [9.17, 15) is 4.39 Å². The summed E-state index contributed by atoms with van der Waals surface area (Å²) in [5.41, 5.74) is 0.993. The van der Waals surface area contributed by atoms with Crippen molar-refractivity contribution in [2.45, 2.75) is 43.7 Å². The fourth-order valence-electron chi connectivity index (χ4n) is 1.97. The Morgan fingerprint density at radius 2 is 2.22 bits per heavy atom. The summed E-state index contributed by atoms with van der Waals surface area (Å²) in [6.45, 7) is 4.70. The third-order valence-electron chi connectivity index (χ3n) is 3.06. The Morgan fingerprint density at radius 3 is 2.89 bits per heavy atom. The van der Waals surface area contributed by atoms with E-state index in [4.69, 9.17) is 9.47 Å². The minimum Gasteiger partial charge on any atom is -0.485 e. The highest BCUT2D eigenvalue weighted by atomic mass is 79.9. The normalized spacial score (nSPS) is 26.8. The van der Waals surface area contributed by atoms with Crippen LogP contribution in [0.3, 0.4) is 0 Å². The highest BCUT2D eigenvalue weighted by Crippen LogP contribution is 2.35. The third-order valence-corrected chi connectivity index (χ3v) is 3.95. The van der Waals surface area contributed by atoms with Crippen LogP contribution in [0.2, 0.25) is 0 Å². The first-order valence-corrected chi connectivity index (χ1v) is 7.22. The molecule has 0 aliphatic heterocycles. The molecule has 0 spiro atoms. The van der Waals surface area contributed by atoms with E-state index in [2.05, 4.69) is 22.9 Å². The molecule has 0 aromatic heterocycles. The maximum Gasteiger partial charge on any atom is 0.165 e. The van der Waals surface area contributed by atoms with Gasteiger partial charge in [-0.3, -0.25) is 0 Å². The van der Waals surface area contributed by atoms with Crippen LogP contribution in [0.5, 0.6) is 5.75 Å². The van der Waals surface area contributed by atoms with E-state index in [1.165, 1.54) is 6.07 Å². The van der Waals surface area contributed by atoms with Crippen molar-refractivity contribution >= 4 is 15.9 Å². The highest BCUT2D eigenvalue weighted by Gasteiger charge is 2.42. The average molecular weight is 317 g/mol. The molecule has 3 atom stereocenters. The average Bonchev–Trinajstić information content (AvgIpc) is 2.33. The van der Waals surface area contributed by atoms with Gasteiger partial charge in [-0.2, -0.15) is 0 Å². The lowest BCUT2D eigenvalue weighted by Crippen LogP contribution is -2.52. The van der Waals surface area contributed by atoms with E-state index < -0.39 is 0 Å². The van der Waals surface area contributed by atoms with Gasteiger partial charge in [0.1, 0.15) is 12.2 Å². The molecular formula is C14H18BrFO2. The van der Waals surface area contributed by atoms with E-state index in [0.29, 0.717) is 17.2 Å². The molecule has 18 heavy (non-hydrogen) atoms. The topological polar surface area (TPSA) is 18.5 Å². The fraction of sp³-hybridized carbons (Fsp3) is 0.571. The largest absolute Gasteiger partial charge is 0.485 e. The minimum atomic E-state index is -0.312. The van der Waals surface area contributed by atoms with Crippen LogP contribution in [0.15, 0.2) is 18.2 Å². The number of halogens is 2. The Morgan fingerprint density at radius 1 is 1.44 bits per heavy atom. The molecule has 1 fully saturated rings. The predicted molar refractivity (Wildman–Crippen MR) is 72.9 cm³/mol. The van der Waals surface area contributed by atoms with E-state index >= 15 is 0 Å². The zero-order valence-corrected chi connectivity index (χ0v) is 12.2. The molecule has 0 radical (unpaired) electrons. The third kappa shape index (κ3) is 3.04. The van der Waals surface area contributed by atoms with Crippen LogP contribution < -0.4 is 4.74 Å². The fourth-order valence-corrected chi connectivity index (χ4v) is 2.83. The first-order chi connectivity index (χ1) is 8.61. The molecule has 100 valence electrons. The van der Waals surface area contributed by atoms with Crippen LogP contribution >= 0.6 is 15.9 Å². The van der Waals surface area contributed by atoms with Gasteiger partial charge in [-0.1, -0.05) is 28.9 Å². The lowest BCUT2D eigenvalue weighted by atomic mass is 9.91. The van der Waals surface area contributed by atoms with Crippen LogP contribution in [-0.4, -0.2) is 23.6 Å². The molecule has 1 aromatic rings. The van der Waals surface area contributed by atoms with Gasteiger partial charge in [-0.15, -0.1) is 0 Å². The molecule has 2 nitrogen and oxygen atoms in total. The zero-order valence-electron chi connectivity index (χ0n) is 10.7. The first kappa shape index (κ1) is 13.8.